The van der Waals surface area contributed by atoms with Crippen LogP contribution in [0.5, 0.6) is 0 Å². The van der Waals surface area contributed by atoms with Gasteiger partial charge < -0.3 is 0 Å². The molecule has 0 fully saturated rings. The van der Waals surface area contributed by atoms with Crippen molar-refractivity contribution in [3.63, 3.8) is 0 Å². The minimum Gasteiger partial charge on any atom is -0.273 e. The maximum Gasteiger partial charge on any atom is 0.276 e. The predicted molar refractivity (Wildman–Crippen MR) is 114 cm³/mol. The molecular weight excluding hydrogens is 422 g/mol. The molecule has 1 N–H and O–H groups in total. The topological polar surface area (TPSA) is 84.6 Å². The SMILES string of the molecule is O=C(Cc1ccc(Br)c2ccccc12)N/N=C\C=C\c1ccccc1[N+](=O)[O-]. The number of carbonyl (C=O) groups excluding carboxylic acids is 1. The Bertz CT molecular complexity index is 1090. The number of hydrogen-bond donors (Lipinski definition) is 1. The predicted octanol–water partition coefficient (Wildman–Crippen LogP) is 4.87. The molecule has 140 valence electrons. The van der Waals surface area contributed by atoms with Gasteiger partial charge >= 0.3 is 0 Å². The molecule has 0 aromatic heterocycles. The van der Waals surface area contributed by atoms with Gasteiger partial charge in [0, 0.05) is 16.8 Å². The van der Waals surface area contributed by atoms with Crippen LogP contribution >= 0.6 is 15.9 Å². The summed E-state index contributed by atoms with van der Waals surface area (Å²) < 4.78 is 0.977. The van der Waals surface area contributed by atoms with Gasteiger partial charge in [0.2, 0.25) is 5.91 Å². The van der Waals surface area contributed by atoms with Crippen molar-refractivity contribution in [3.8, 4) is 0 Å². The molecule has 0 spiro atoms. The van der Waals surface area contributed by atoms with Crippen LogP contribution in [-0.2, 0) is 11.2 Å². The van der Waals surface area contributed by atoms with Gasteiger partial charge in [0.25, 0.3) is 5.69 Å². The van der Waals surface area contributed by atoms with E-state index in [9.17, 15) is 14.9 Å². The number of nitro groups is 1. The molecule has 0 aliphatic carbocycles. The van der Waals surface area contributed by atoms with Crippen molar-refractivity contribution in [2.45, 2.75) is 6.42 Å². The van der Waals surface area contributed by atoms with Crippen molar-refractivity contribution in [2.75, 3.05) is 0 Å². The van der Waals surface area contributed by atoms with Crippen molar-refractivity contribution >= 4 is 50.6 Å². The van der Waals surface area contributed by atoms with Gasteiger partial charge in [0.15, 0.2) is 0 Å². The highest BCUT2D eigenvalue weighted by atomic mass is 79.9. The number of hydrazone groups is 1. The van der Waals surface area contributed by atoms with E-state index in [0.29, 0.717) is 5.56 Å². The van der Waals surface area contributed by atoms with Crippen molar-refractivity contribution < 1.29 is 9.72 Å². The maximum atomic E-state index is 12.2. The van der Waals surface area contributed by atoms with Gasteiger partial charge in [-0.2, -0.15) is 5.10 Å². The van der Waals surface area contributed by atoms with E-state index in [1.807, 2.05) is 36.4 Å². The van der Waals surface area contributed by atoms with Gasteiger partial charge in [-0.15, -0.1) is 0 Å². The molecule has 28 heavy (non-hydrogen) atoms. The Morgan fingerprint density at radius 3 is 2.57 bits per heavy atom. The van der Waals surface area contributed by atoms with Crippen LogP contribution in [0.1, 0.15) is 11.1 Å². The minimum atomic E-state index is -0.443. The number of fused-ring (bicyclic) bond motifs is 1. The highest BCUT2D eigenvalue weighted by molar-refractivity contribution is 9.10. The molecule has 3 rings (SSSR count). The van der Waals surface area contributed by atoms with Gasteiger partial charge in [-0.25, -0.2) is 5.43 Å². The van der Waals surface area contributed by atoms with Crippen molar-refractivity contribution in [3.05, 3.63) is 92.5 Å². The van der Waals surface area contributed by atoms with Gasteiger partial charge in [-0.3, -0.25) is 14.9 Å². The molecule has 0 aliphatic heterocycles. The zero-order chi connectivity index (χ0) is 19.9. The lowest BCUT2D eigenvalue weighted by Gasteiger charge is -2.07. The molecule has 0 bridgehead atoms. The van der Waals surface area contributed by atoms with Crippen LogP contribution in [0.2, 0.25) is 0 Å². The normalized spacial score (nSPS) is 11.3. The number of nitro benzene ring substituents is 1. The fraction of sp³-hybridized carbons (Fsp3) is 0.0476. The zero-order valence-corrected chi connectivity index (χ0v) is 16.3. The largest absolute Gasteiger partial charge is 0.276 e. The van der Waals surface area contributed by atoms with E-state index in [0.717, 1.165) is 20.8 Å². The molecule has 0 saturated heterocycles. The third-order valence-electron chi connectivity index (χ3n) is 4.07. The smallest absolute Gasteiger partial charge is 0.273 e. The Hall–Kier alpha value is -3.32. The average molecular weight is 438 g/mol. The molecule has 0 unspecified atom stereocenters. The molecule has 3 aromatic carbocycles. The average Bonchev–Trinajstić information content (AvgIpc) is 2.70. The fourth-order valence-electron chi connectivity index (χ4n) is 2.79. The van der Waals surface area contributed by atoms with Gasteiger partial charge in [0.05, 0.1) is 16.9 Å². The van der Waals surface area contributed by atoms with Crippen LogP contribution < -0.4 is 5.43 Å². The quantitative estimate of drug-likeness (QED) is 0.339. The Morgan fingerprint density at radius 1 is 1.07 bits per heavy atom. The minimum absolute atomic E-state index is 0.0123. The summed E-state index contributed by atoms with van der Waals surface area (Å²) >= 11 is 3.52. The lowest BCUT2D eigenvalue weighted by molar-refractivity contribution is -0.385. The van der Waals surface area contributed by atoms with E-state index < -0.39 is 4.92 Å². The second-order valence-corrected chi connectivity index (χ2v) is 6.77. The maximum absolute atomic E-state index is 12.2. The lowest BCUT2D eigenvalue weighted by Crippen LogP contribution is -2.19. The molecule has 0 heterocycles. The molecule has 6 nitrogen and oxygen atoms in total. The first kappa shape index (κ1) is 19.4. The molecule has 3 aromatic rings. The second kappa shape index (κ2) is 9.05. The monoisotopic (exact) mass is 437 g/mol. The van der Waals surface area contributed by atoms with Crippen LogP contribution in [0.4, 0.5) is 5.69 Å². The van der Waals surface area contributed by atoms with Gasteiger partial charge in [-0.05, 0) is 40.6 Å². The van der Waals surface area contributed by atoms with E-state index in [-0.39, 0.29) is 18.0 Å². The van der Waals surface area contributed by atoms with E-state index in [1.165, 1.54) is 18.4 Å². The standard InChI is InChI=1S/C21H16BrN3O3/c22-19-12-11-16(17-8-2-3-9-18(17)19)14-21(26)24-23-13-5-7-15-6-1-4-10-20(15)25(27)28/h1-13H,14H2,(H,24,26)/b7-5+,23-13-. The van der Waals surface area contributed by atoms with Crippen LogP contribution in [-0.4, -0.2) is 17.0 Å². The number of allylic oxidation sites excluding steroid dienone is 1. The van der Waals surface area contributed by atoms with Crippen LogP contribution in [0.3, 0.4) is 0 Å². The highest BCUT2D eigenvalue weighted by Gasteiger charge is 2.09. The van der Waals surface area contributed by atoms with Crippen LogP contribution in [0, 0.1) is 10.1 Å². The van der Waals surface area contributed by atoms with Gasteiger partial charge in [-0.1, -0.05) is 58.4 Å². The number of amides is 1. The zero-order valence-electron chi connectivity index (χ0n) is 14.7. The molecule has 0 radical (unpaired) electrons. The lowest BCUT2D eigenvalue weighted by atomic mass is 10.0. The van der Waals surface area contributed by atoms with Crippen molar-refractivity contribution in [2.24, 2.45) is 5.10 Å². The highest BCUT2D eigenvalue weighted by Crippen LogP contribution is 2.27. The Morgan fingerprint density at radius 2 is 1.79 bits per heavy atom. The van der Waals surface area contributed by atoms with E-state index in [2.05, 4.69) is 26.5 Å². The van der Waals surface area contributed by atoms with Gasteiger partial charge in [0.1, 0.15) is 0 Å². The summed E-state index contributed by atoms with van der Waals surface area (Å²) in [4.78, 5) is 22.7. The van der Waals surface area contributed by atoms with Crippen LogP contribution in [0.15, 0.2) is 76.3 Å². The summed E-state index contributed by atoms with van der Waals surface area (Å²) in [6, 6.07) is 18.1. The number of halogens is 1. The van der Waals surface area contributed by atoms with E-state index >= 15 is 0 Å². The first-order chi connectivity index (χ1) is 13.6. The summed E-state index contributed by atoms with van der Waals surface area (Å²) in [5.74, 6) is -0.247. The summed E-state index contributed by atoms with van der Waals surface area (Å²) in [6.07, 6.45) is 4.68. The number of carbonyl (C=O) groups is 1. The molecule has 0 saturated carbocycles. The fourth-order valence-corrected chi connectivity index (χ4v) is 3.26. The molecule has 1 amide bonds. The molecule has 7 heteroatoms. The van der Waals surface area contributed by atoms with E-state index in [1.54, 1.807) is 24.3 Å². The summed E-state index contributed by atoms with van der Waals surface area (Å²) in [5.41, 5.74) is 3.85. The molecule has 0 aliphatic rings. The number of benzene rings is 3. The summed E-state index contributed by atoms with van der Waals surface area (Å²) in [7, 11) is 0. The number of nitrogens with one attached hydrogen (secondary N) is 1. The van der Waals surface area contributed by atoms with Crippen molar-refractivity contribution in [1.82, 2.24) is 5.43 Å². The second-order valence-electron chi connectivity index (χ2n) is 5.92. The first-order valence-electron chi connectivity index (χ1n) is 8.44. The number of rotatable bonds is 6. The summed E-state index contributed by atoms with van der Waals surface area (Å²) in [5, 5.41) is 16.9. The number of nitrogens with zero attached hydrogens (tertiary/aromatic N) is 2. The number of hydrogen-bond acceptors (Lipinski definition) is 4. The Labute approximate surface area is 169 Å². The van der Waals surface area contributed by atoms with Crippen molar-refractivity contribution in [1.29, 1.82) is 0 Å². The third kappa shape index (κ3) is 4.69. The molecular formula is C21H16BrN3O3. The summed E-state index contributed by atoms with van der Waals surface area (Å²) in [6.45, 7) is 0. The van der Waals surface area contributed by atoms with Crippen LogP contribution in [0.25, 0.3) is 16.8 Å². The first-order valence-corrected chi connectivity index (χ1v) is 9.23. The Balaban J connectivity index is 1.63. The number of para-hydroxylation sites is 1. The molecule has 0 atom stereocenters. The Kier molecular flexibility index (Phi) is 6.29. The third-order valence-corrected chi connectivity index (χ3v) is 4.76. The van der Waals surface area contributed by atoms with E-state index in [4.69, 9.17) is 0 Å².